The molecule has 1 aliphatic heterocycles. The Morgan fingerprint density at radius 2 is 1.81 bits per heavy atom. The lowest BCUT2D eigenvalue weighted by Gasteiger charge is -2.07. The lowest BCUT2D eigenvalue weighted by Crippen LogP contribution is -2.15. The van der Waals surface area contributed by atoms with Gasteiger partial charge in [-0.1, -0.05) is 55.2 Å². The summed E-state index contributed by atoms with van der Waals surface area (Å²) in [6.07, 6.45) is 2.73. The Balaban J connectivity index is 1.97. The largest absolute Gasteiger partial charge is 0.360 e. The van der Waals surface area contributed by atoms with E-state index in [1.165, 1.54) is 5.56 Å². The topological polar surface area (TPSA) is 12.5 Å². The molecule has 0 aromatic heterocycles. The van der Waals surface area contributed by atoms with Crippen molar-refractivity contribution in [1.82, 2.24) is 0 Å². The van der Waals surface area contributed by atoms with Crippen molar-refractivity contribution in [3.05, 3.63) is 46.6 Å². The lowest BCUT2D eigenvalue weighted by molar-refractivity contribution is 0.394. The number of halogens is 1. The molecule has 2 rings (SSSR count). The van der Waals surface area contributed by atoms with Crippen LogP contribution in [0.5, 0.6) is 0 Å². The minimum absolute atomic E-state index is 0.241. The molecule has 1 heterocycles. The fourth-order valence-electron chi connectivity index (χ4n) is 1.57. The van der Waals surface area contributed by atoms with Crippen molar-refractivity contribution in [2.75, 3.05) is 0 Å². The Bertz CT molecular complexity index is 391. The molecule has 0 aliphatic carbocycles. The van der Waals surface area contributed by atoms with E-state index in [0.717, 1.165) is 5.02 Å². The van der Waals surface area contributed by atoms with Crippen LogP contribution in [0.3, 0.4) is 0 Å². The maximum Gasteiger partial charge on any atom is 0.113 e. The summed E-state index contributed by atoms with van der Waals surface area (Å²) >= 11 is 5.84. The summed E-state index contributed by atoms with van der Waals surface area (Å²) in [6, 6.07) is 7.90. The first-order valence-electron chi connectivity index (χ1n) is 5.56. The second-order valence-electron chi connectivity index (χ2n) is 5.30. The first-order valence-corrected chi connectivity index (χ1v) is 9.51. The van der Waals surface area contributed by atoms with Crippen molar-refractivity contribution in [3.8, 4) is 0 Å². The van der Waals surface area contributed by atoms with Gasteiger partial charge in [0.2, 0.25) is 0 Å². The fraction of sp³-hybridized carbons (Fsp3) is 0.385. The van der Waals surface area contributed by atoms with Crippen molar-refractivity contribution < 1.29 is 4.74 Å². The third-order valence-corrected chi connectivity index (χ3v) is 3.95. The summed E-state index contributed by atoms with van der Waals surface area (Å²) in [5.74, 6) is 0. The van der Waals surface area contributed by atoms with Gasteiger partial charge >= 0.3 is 0 Å². The average Bonchev–Trinajstić information content (AvgIpc) is 2.94. The van der Waals surface area contributed by atoms with Gasteiger partial charge in [0.15, 0.2) is 0 Å². The smallest absolute Gasteiger partial charge is 0.113 e. The van der Waals surface area contributed by atoms with Crippen LogP contribution >= 0.6 is 11.6 Å². The van der Waals surface area contributed by atoms with Crippen LogP contribution in [0.4, 0.5) is 0 Å². The minimum Gasteiger partial charge on any atom is -0.360 e. The van der Waals surface area contributed by atoms with Gasteiger partial charge in [0, 0.05) is 5.02 Å². The third kappa shape index (κ3) is 3.21. The SMILES string of the molecule is C[Si](C)(C)/C=C/C1O[C@H]1c1ccc(Cl)cc1. The van der Waals surface area contributed by atoms with E-state index < -0.39 is 8.07 Å². The molecule has 1 aliphatic rings. The van der Waals surface area contributed by atoms with Crippen molar-refractivity contribution in [1.29, 1.82) is 0 Å². The van der Waals surface area contributed by atoms with Crippen molar-refractivity contribution in [2.45, 2.75) is 31.8 Å². The molecule has 0 bridgehead atoms. The fourth-order valence-corrected chi connectivity index (χ4v) is 2.47. The Morgan fingerprint density at radius 1 is 1.19 bits per heavy atom. The molecule has 0 spiro atoms. The van der Waals surface area contributed by atoms with Crippen molar-refractivity contribution >= 4 is 19.7 Å². The molecule has 1 aromatic rings. The molecule has 2 atom stereocenters. The van der Waals surface area contributed by atoms with Gasteiger partial charge < -0.3 is 4.74 Å². The number of benzene rings is 1. The molecular formula is C13H17ClOSi. The van der Waals surface area contributed by atoms with Crippen LogP contribution in [0.1, 0.15) is 11.7 Å². The average molecular weight is 253 g/mol. The van der Waals surface area contributed by atoms with E-state index in [1.807, 2.05) is 24.3 Å². The second-order valence-corrected chi connectivity index (χ2v) is 10.8. The maximum absolute atomic E-state index is 5.84. The van der Waals surface area contributed by atoms with Crippen LogP contribution in [0.15, 0.2) is 36.0 Å². The molecule has 0 radical (unpaired) electrons. The zero-order chi connectivity index (χ0) is 11.8. The van der Waals surface area contributed by atoms with E-state index in [-0.39, 0.29) is 12.2 Å². The number of rotatable bonds is 3. The van der Waals surface area contributed by atoms with E-state index in [2.05, 4.69) is 31.4 Å². The van der Waals surface area contributed by atoms with Gasteiger partial charge in [0.05, 0.1) is 8.07 Å². The molecule has 1 saturated heterocycles. The van der Waals surface area contributed by atoms with Gasteiger partial charge in [-0.25, -0.2) is 0 Å². The van der Waals surface area contributed by atoms with Gasteiger partial charge in [0.25, 0.3) is 0 Å². The summed E-state index contributed by atoms with van der Waals surface area (Å²) in [5, 5.41) is 0.776. The normalized spacial score (nSPS) is 25.0. The predicted molar refractivity (Wildman–Crippen MR) is 71.6 cm³/mol. The lowest BCUT2D eigenvalue weighted by atomic mass is 10.1. The highest BCUT2D eigenvalue weighted by Crippen LogP contribution is 2.40. The third-order valence-electron chi connectivity index (χ3n) is 2.51. The maximum atomic E-state index is 5.84. The Hall–Kier alpha value is -0.573. The van der Waals surface area contributed by atoms with E-state index >= 15 is 0 Å². The molecular weight excluding hydrogens is 236 g/mol. The van der Waals surface area contributed by atoms with E-state index in [1.54, 1.807) is 0 Å². The summed E-state index contributed by atoms with van der Waals surface area (Å²) in [7, 11) is -1.10. The Morgan fingerprint density at radius 3 is 2.38 bits per heavy atom. The van der Waals surface area contributed by atoms with Gasteiger partial charge in [-0.15, -0.1) is 0 Å². The zero-order valence-electron chi connectivity index (χ0n) is 9.91. The number of hydrogen-bond donors (Lipinski definition) is 0. The predicted octanol–water partition coefficient (Wildman–Crippen LogP) is 4.21. The van der Waals surface area contributed by atoms with E-state index in [0.29, 0.717) is 0 Å². The molecule has 0 amide bonds. The molecule has 1 fully saturated rings. The van der Waals surface area contributed by atoms with Gasteiger partial charge in [-0.3, -0.25) is 0 Å². The molecule has 1 unspecified atom stereocenters. The highest BCUT2D eigenvalue weighted by atomic mass is 35.5. The molecule has 1 aromatic carbocycles. The summed E-state index contributed by atoms with van der Waals surface area (Å²) in [6.45, 7) is 6.97. The minimum atomic E-state index is -1.10. The first kappa shape index (κ1) is 11.9. The number of hydrogen-bond acceptors (Lipinski definition) is 1. The van der Waals surface area contributed by atoms with Gasteiger partial charge in [-0.05, 0) is 17.7 Å². The molecule has 1 nitrogen and oxygen atoms in total. The zero-order valence-corrected chi connectivity index (χ0v) is 11.7. The van der Waals surface area contributed by atoms with Crippen LogP contribution in [-0.2, 0) is 4.74 Å². The monoisotopic (exact) mass is 252 g/mol. The number of epoxide rings is 1. The highest BCUT2D eigenvalue weighted by molar-refractivity contribution is 6.80. The highest BCUT2D eigenvalue weighted by Gasteiger charge is 2.37. The standard InChI is InChI=1S/C13H17ClOSi/c1-16(2,3)9-8-12-13(15-12)10-4-6-11(14)7-5-10/h4-9,12-13H,1-3H3/b9-8+/t12?,13-/m0/s1. The van der Waals surface area contributed by atoms with Gasteiger partial charge in [0.1, 0.15) is 12.2 Å². The summed E-state index contributed by atoms with van der Waals surface area (Å²) in [4.78, 5) is 0. The molecule has 86 valence electrons. The molecule has 0 N–H and O–H groups in total. The Kier molecular flexibility index (Phi) is 3.24. The van der Waals surface area contributed by atoms with Crippen LogP contribution in [0, 0.1) is 0 Å². The first-order chi connectivity index (χ1) is 7.46. The Labute approximate surface area is 103 Å². The van der Waals surface area contributed by atoms with Crippen LogP contribution in [-0.4, -0.2) is 14.2 Å². The molecule has 16 heavy (non-hydrogen) atoms. The second kappa shape index (κ2) is 4.36. The van der Waals surface area contributed by atoms with Crippen LogP contribution in [0.2, 0.25) is 24.7 Å². The van der Waals surface area contributed by atoms with E-state index in [4.69, 9.17) is 16.3 Å². The quantitative estimate of drug-likeness (QED) is 0.580. The van der Waals surface area contributed by atoms with Crippen molar-refractivity contribution in [2.24, 2.45) is 0 Å². The molecule has 0 saturated carbocycles. The van der Waals surface area contributed by atoms with E-state index in [9.17, 15) is 0 Å². The molecule has 3 heteroatoms. The van der Waals surface area contributed by atoms with Crippen molar-refractivity contribution in [3.63, 3.8) is 0 Å². The van der Waals surface area contributed by atoms with Gasteiger partial charge in [-0.2, -0.15) is 0 Å². The van der Waals surface area contributed by atoms with Crippen LogP contribution in [0.25, 0.3) is 0 Å². The number of ether oxygens (including phenoxy) is 1. The van der Waals surface area contributed by atoms with Crippen LogP contribution < -0.4 is 0 Å². The summed E-state index contributed by atoms with van der Waals surface area (Å²) in [5.41, 5.74) is 3.56. The summed E-state index contributed by atoms with van der Waals surface area (Å²) < 4.78 is 5.63.